The second-order valence-corrected chi connectivity index (χ2v) is 7.36. The van der Waals surface area contributed by atoms with Crippen LogP contribution in [0.5, 0.6) is 0 Å². The summed E-state index contributed by atoms with van der Waals surface area (Å²) in [5.74, 6) is 0.0425. The number of benzene rings is 1. The number of halogens is 3. The molecule has 0 bridgehead atoms. The minimum atomic E-state index is -4.52. The molecular weight excluding hydrogens is 355 g/mol. The van der Waals surface area contributed by atoms with Gasteiger partial charge in [0.1, 0.15) is 6.04 Å². The van der Waals surface area contributed by atoms with Crippen molar-refractivity contribution < 1.29 is 18.0 Å². The fourth-order valence-electron chi connectivity index (χ4n) is 3.80. The summed E-state index contributed by atoms with van der Waals surface area (Å²) in [4.78, 5) is 16.5. The number of para-hydroxylation sites is 1. The SMILES string of the molecule is Cc1cccc(C)c1NC(=O)[C@H](CC1CCCC1)n1cnc(C(F)(F)F)c1. The number of carbonyl (C=O) groups is 1. The molecule has 4 nitrogen and oxygen atoms in total. The number of aryl methyl sites for hydroxylation is 2. The fraction of sp³-hybridized carbons (Fsp3) is 0.500. The number of amides is 1. The second-order valence-electron chi connectivity index (χ2n) is 7.36. The Morgan fingerprint density at radius 3 is 2.44 bits per heavy atom. The number of imidazole rings is 1. The summed E-state index contributed by atoms with van der Waals surface area (Å²) >= 11 is 0. The predicted molar refractivity (Wildman–Crippen MR) is 97.4 cm³/mol. The van der Waals surface area contributed by atoms with Gasteiger partial charge in [-0.3, -0.25) is 4.79 Å². The van der Waals surface area contributed by atoms with Gasteiger partial charge >= 0.3 is 6.18 Å². The highest BCUT2D eigenvalue weighted by Crippen LogP contribution is 2.34. The molecular formula is C20H24F3N3O. The number of hydrogen-bond acceptors (Lipinski definition) is 2. The Hall–Kier alpha value is -2.31. The van der Waals surface area contributed by atoms with E-state index in [1.807, 2.05) is 32.0 Å². The topological polar surface area (TPSA) is 46.9 Å². The van der Waals surface area contributed by atoms with E-state index >= 15 is 0 Å². The molecule has 7 heteroatoms. The average molecular weight is 379 g/mol. The van der Waals surface area contributed by atoms with Crippen LogP contribution in [0.25, 0.3) is 0 Å². The Labute approximate surface area is 156 Å². The summed E-state index contributed by atoms with van der Waals surface area (Å²) < 4.78 is 40.2. The second kappa shape index (κ2) is 7.74. The van der Waals surface area contributed by atoms with E-state index in [9.17, 15) is 18.0 Å². The van der Waals surface area contributed by atoms with Crippen LogP contribution in [0.2, 0.25) is 0 Å². The third-order valence-corrected chi connectivity index (χ3v) is 5.32. The lowest BCUT2D eigenvalue weighted by Crippen LogP contribution is -2.27. The number of aromatic nitrogens is 2. The van der Waals surface area contributed by atoms with Crippen molar-refractivity contribution in [3.8, 4) is 0 Å². The van der Waals surface area contributed by atoms with Gasteiger partial charge in [-0.25, -0.2) is 4.98 Å². The molecule has 1 fully saturated rings. The number of anilines is 1. The highest BCUT2D eigenvalue weighted by Gasteiger charge is 2.35. The molecule has 1 heterocycles. The first-order valence-corrected chi connectivity index (χ1v) is 9.23. The lowest BCUT2D eigenvalue weighted by atomic mass is 9.97. The van der Waals surface area contributed by atoms with Crippen LogP contribution in [0, 0.1) is 19.8 Å². The van der Waals surface area contributed by atoms with Gasteiger partial charge in [0.05, 0.1) is 6.33 Å². The molecule has 0 radical (unpaired) electrons. The smallest absolute Gasteiger partial charge is 0.324 e. The molecule has 0 spiro atoms. The standard InChI is InChI=1S/C20H24F3N3O/c1-13-6-5-7-14(2)18(13)25-19(27)16(10-15-8-3-4-9-15)26-11-17(24-12-26)20(21,22)23/h5-7,11-12,15-16H,3-4,8-10H2,1-2H3,(H,25,27)/t16-/m0/s1. The van der Waals surface area contributed by atoms with Gasteiger partial charge in [0.2, 0.25) is 5.91 Å². The fourth-order valence-corrected chi connectivity index (χ4v) is 3.80. The Kier molecular flexibility index (Phi) is 5.58. The zero-order valence-electron chi connectivity index (χ0n) is 15.5. The number of nitrogens with zero attached hydrogens (tertiary/aromatic N) is 2. The number of rotatable bonds is 5. The van der Waals surface area contributed by atoms with E-state index in [0.717, 1.165) is 55.0 Å². The molecule has 0 unspecified atom stereocenters. The quantitative estimate of drug-likeness (QED) is 0.768. The van der Waals surface area contributed by atoms with Crippen molar-refractivity contribution in [3.63, 3.8) is 0 Å². The monoisotopic (exact) mass is 379 g/mol. The number of carbonyl (C=O) groups excluding carboxylic acids is 1. The summed E-state index contributed by atoms with van der Waals surface area (Å²) in [7, 11) is 0. The minimum Gasteiger partial charge on any atom is -0.324 e. The minimum absolute atomic E-state index is 0.301. The van der Waals surface area contributed by atoms with E-state index in [1.54, 1.807) is 0 Å². The van der Waals surface area contributed by atoms with Crippen molar-refractivity contribution in [2.75, 3.05) is 5.32 Å². The molecule has 146 valence electrons. The molecule has 3 rings (SSSR count). The molecule has 1 aliphatic rings. The van der Waals surface area contributed by atoms with Crippen LogP contribution >= 0.6 is 0 Å². The van der Waals surface area contributed by atoms with Gasteiger partial charge in [-0.15, -0.1) is 0 Å². The highest BCUT2D eigenvalue weighted by atomic mass is 19.4. The Morgan fingerprint density at radius 2 is 1.89 bits per heavy atom. The lowest BCUT2D eigenvalue weighted by Gasteiger charge is -2.22. The third kappa shape index (κ3) is 4.51. The van der Waals surface area contributed by atoms with Crippen molar-refractivity contribution in [2.24, 2.45) is 5.92 Å². The van der Waals surface area contributed by atoms with Crippen molar-refractivity contribution in [3.05, 3.63) is 47.5 Å². The van der Waals surface area contributed by atoms with Crippen molar-refractivity contribution >= 4 is 11.6 Å². The van der Waals surface area contributed by atoms with Gasteiger partial charge < -0.3 is 9.88 Å². The molecule has 1 aromatic carbocycles. The van der Waals surface area contributed by atoms with E-state index in [2.05, 4.69) is 10.3 Å². The lowest BCUT2D eigenvalue weighted by molar-refractivity contribution is -0.141. The molecule has 1 saturated carbocycles. The summed E-state index contributed by atoms with van der Waals surface area (Å²) in [6, 6.07) is 4.99. The highest BCUT2D eigenvalue weighted by molar-refractivity contribution is 5.95. The molecule has 2 aromatic rings. The van der Waals surface area contributed by atoms with Crippen LogP contribution in [-0.4, -0.2) is 15.5 Å². The van der Waals surface area contributed by atoms with Crippen LogP contribution < -0.4 is 5.32 Å². The molecule has 27 heavy (non-hydrogen) atoms. The van der Waals surface area contributed by atoms with Crippen LogP contribution in [0.15, 0.2) is 30.7 Å². The van der Waals surface area contributed by atoms with E-state index < -0.39 is 17.9 Å². The van der Waals surface area contributed by atoms with Gasteiger partial charge in [-0.1, -0.05) is 43.9 Å². The number of alkyl halides is 3. The Balaban J connectivity index is 1.87. The van der Waals surface area contributed by atoms with Crippen molar-refractivity contribution in [2.45, 2.75) is 58.2 Å². The summed E-state index contributed by atoms with van der Waals surface area (Å²) in [5, 5.41) is 2.93. The maximum Gasteiger partial charge on any atom is 0.434 e. The van der Waals surface area contributed by atoms with Gasteiger partial charge in [0.15, 0.2) is 5.69 Å². The molecule has 1 aromatic heterocycles. The normalized spacial score (nSPS) is 16.5. The van der Waals surface area contributed by atoms with Crippen LogP contribution in [0.3, 0.4) is 0 Å². The zero-order valence-corrected chi connectivity index (χ0v) is 15.5. The van der Waals surface area contributed by atoms with E-state index in [-0.39, 0.29) is 5.91 Å². The van der Waals surface area contributed by atoms with Crippen LogP contribution in [-0.2, 0) is 11.0 Å². The zero-order chi connectivity index (χ0) is 19.6. The van der Waals surface area contributed by atoms with Gasteiger partial charge in [0, 0.05) is 11.9 Å². The van der Waals surface area contributed by atoms with E-state index in [1.165, 1.54) is 4.57 Å². The van der Waals surface area contributed by atoms with Crippen molar-refractivity contribution in [1.29, 1.82) is 0 Å². The van der Waals surface area contributed by atoms with Gasteiger partial charge in [0.25, 0.3) is 0 Å². The first-order chi connectivity index (χ1) is 12.8. The number of nitrogens with one attached hydrogen (secondary N) is 1. The first kappa shape index (κ1) is 19.5. The summed E-state index contributed by atoms with van der Waals surface area (Å²) in [6.45, 7) is 3.79. The third-order valence-electron chi connectivity index (χ3n) is 5.32. The van der Waals surface area contributed by atoms with Crippen LogP contribution in [0.4, 0.5) is 18.9 Å². The average Bonchev–Trinajstić information content (AvgIpc) is 3.26. The predicted octanol–water partition coefficient (Wildman–Crippen LogP) is 5.28. The number of hydrogen-bond donors (Lipinski definition) is 1. The van der Waals surface area contributed by atoms with Gasteiger partial charge in [-0.05, 0) is 37.3 Å². The maximum atomic E-state index is 13.0. The molecule has 1 N–H and O–H groups in total. The van der Waals surface area contributed by atoms with Crippen LogP contribution in [0.1, 0.15) is 55.0 Å². The van der Waals surface area contributed by atoms with Crippen molar-refractivity contribution in [1.82, 2.24) is 9.55 Å². The molecule has 1 amide bonds. The Bertz CT molecular complexity index is 787. The molecule has 1 atom stereocenters. The largest absolute Gasteiger partial charge is 0.434 e. The molecule has 0 aliphatic heterocycles. The van der Waals surface area contributed by atoms with Gasteiger partial charge in [-0.2, -0.15) is 13.2 Å². The molecule has 1 aliphatic carbocycles. The van der Waals surface area contributed by atoms with E-state index in [4.69, 9.17) is 0 Å². The summed E-state index contributed by atoms with van der Waals surface area (Å²) in [6.07, 6.45) is 2.27. The van der Waals surface area contributed by atoms with E-state index in [0.29, 0.717) is 12.3 Å². The maximum absolute atomic E-state index is 13.0. The summed E-state index contributed by atoms with van der Waals surface area (Å²) in [5.41, 5.74) is 1.59. The Morgan fingerprint density at radius 1 is 1.26 bits per heavy atom. The molecule has 0 saturated heterocycles. The first-order valence-electron chi connectivity index (χ1n) is 9.23.